The van der Waals surface area contributed by atoms with E-state index in [-0.39, 0.29) is 30.6 Å². The molecule has 1 unspecified atom stereocenters. The predicted octanol–water partition coefficient (Wildman–Crippen LogP) is -0.401. The van der Waals surface area contributed by atoms with E-state index in [0.29, 0.717) is 13.2 Å². The standard InChI is InChI=1S/C10H19N3O3/c1-7(2)12-9(14)5-11-10(15)13-8-3-4-16-6-8/h7-8H,3-6H2,1-2H3,(H,12,14)(H2,11,13,15). The average Bonchev–Trinajstić information content (AvgIpc) is 2.66. The molecule has 0 aliphatic carbocycles. The molecule has 0 radical (unpaired) electrons. The van der Waals surface area contributed by atoms with Gasteiger partial charge in [0, 0.05) is 12.6 Å². The van der Waals surface area contributed by atoms with Crippen LogP contribution in [0.3, 0.4) is 0 Å². The van der Waals surface area contributed by atoms with E-state index in [1.165, 1.54) is 0 Å². The minimum atomic E-state index is -0.325. The van der Waals surface area contributed by atoms with Gasteiger partial charge in [-0.3, -0.25) is 4.79 Å². The summed E-state index contributed by atoms with van der Waals surface area (Å²) in [6.07, 6.45) is 0.825. The molecule has 0 aromatic carbocycles. The minimum Gasteiger partial charge on any atom is -0.379 e. The summed E-state index contributed by atoms with van der Waals surface area (Å²) in [5.41, 5.74) is 0. The molecule has 1 atom stereocenters. The second-order valence-electron chi connectivity index (χ2n) is 4.11. The van der Waals surface area contributed by atoms with E-state index in [1.54, 1.807) is 0 Å². The van der Waals surface area contributed by atoms with Gasteiger partial charge in [0.2, 0.25) is 5.91 Å². The van der Waals surface area contributed by atoms with Crippen LogP contribution in [0.25, 0.3) is 0 Å². The van der Waals surface area contributed by atoms with Crippen molar-refractivity contribution in [3.05, 3.63) is 0 Å². The van der Waals surface area contributed by atoms with Crippen molar-refractivity contribution in [1.29, 1.82) is 0 Å². The van der Waals surface area contributed by atoms with Crippen LogP contribution in [0.4, 0.5) is 4.79 Å². The number of carbonyl (C=O) groups excluding carboxylic acids is 2. The summed E-state index contributed by atoms with van der Waals surface area (Å²) >= 11 is 0. The summed E-state index contributed by atoms with van der Waals surface area (Å²) in [7, 11) is 0. The van der Waals surface area contributed by atoms with Crippen LogP contribution in [0.1, 0.15) is 20.3 Å². The third-order valence-corrected chi connectivity index (χ3v) is 2.12. The van der Waals surface area contributed by atoms with Gasteiger partial charge in [0.15, 0.2) is 0 Å². The summed E-state index contributed by atoms with van der Waals surface area (Å²) in [6, 6.07) is -0.178. The lowest BCUT2D eigenvalue weighted by molar-refractivity contribution is -0.120. The second kappa shape index (κ2) is 6.32. The Morgan fingerprint density at radius 3 is 2.75 bits per heavy atom. The molecule has 1 aliphatic rings. The average molecular weight is 229 g/mol. The molecular weight excluding hydrogens is 210 g/mol. The van der Waals surface area contributed by atoms with Crippen LogP contribution >= 0.6 is 0 Å². The van der Waals surface area contributed by atoms with E-state index in [4.69, 9.17) is 4.74 Å². The summed E-state index contributed by atoms with van der Waals surface area (Å²) in [6.45, 7) is 4.96. The molecule has 3 amide bonds. The van der Waals surface area contributed by atoms with Crippen molar-refractivity contribution in [2.75, 3.05) is 19.8 Å². The van der Waals surface area contributed by atoms with Crippen molar-refractivity contribution in [2.24, 2.45) is 0 Å². The van der Waals surface area contributed by atoms with Gasteiger partial charge in [-0.2, -0.15) is 0 Å². The van der Waals surface area contributed by atoms with Gasteiger partial charge in [0.05, 0.1) is 19.2 Å². The highest BCUT2D eigenvalue weighted by Crippen LogP contribution is 2.02. The zero-order chi connectivity index (χ0) is 12.0. The first kappa shape index (κ1) is 12.8. The Balaban J connectivity index is 2.11. The van der Waals surface area contributed by atoms with Gasteiger partial charge in [-0.1, -0.05) is 0 Å². The number of rotatable bonds is 4. The van der Waals surface area contributed by atoms with Crippen molar-refractivity contribution in [3.8, 4) is 0 Å². The van der Waals surface area contributed by atoms with Gasteiger partial charge >= 0.3 is 6.03 Å². The molecule has 0 bridgehead atoms. The quantitative estimate of drug-likeness (QED) is 0.613. The molecule has 92 valence electrons. The highest BCUT2D eigenvalue weighted by Gasteiger charge is 2.17. The highest BCUT2D eigenvalue weighted by molar-refractivity contribution is 5.84. The van der Waals surface area contributed by atoms with E-state index < -0.39 is 0 Å². The smallest absolute Gasteiger partial charge is 0.315 e. The lowest BCUT2D eigenvalue weighted by Gasteiger charge is -2.12. The second-order valence-corrected chi connectivity index (χ2v) is 4.11. The molecule has 0 aromatic heterocycles. The lowest BCUT2D eigenvalue weighted by Crippen LogP contribution is -2.46. The van der Waals surface area contributed by atoms with Crippen LogP contribution in [0.15, 0.2) is 0 Å². The Bertz CT molecular complexity index is 250. The number of nitrogens with one attached hydrogen (secondary N) is 3. The minimum absolute atomic E-state index is 0.00239. The van der Waals surface area contributed by atoms with Gasteiger partial charge in [-0.05, 0) is 20.3 Å². The summed E-state index contributed by atoms with van der Waals surface area (Å²) in [5, 5.41) is 7.92. The molecule has 0 spiro atoms. The van der Waals surface area contributed by atoms with Crippen molar-refractivity contribution in [2.45, 2.75) is 32.4 Å². The third-order valence-electron chi connectivity index (χ3n) is 2.12. The molecule has 16 heavy (non-hydrogen) atoms. The molecule has 1 heterocycles. The van der Waals surface area contributed by atoms with Gasteiger partial charge in [-0.25, -0.2) is 4.79 Å². The fourth-order valence-electron chi connectivity index (χ4n) is 1.42. The number of carbonyl (C=O) groups is 2. The van der Waals surface area contributed by atoms with E-state index in [9.17, 15) is 9.59 Å². The van der Waals surface area contributed by atoms with Gasteiger partial charge in [-0.15, -0.1) is 0 Å². The number of hydrogen-bond donors (Lipinski definition) is 3. The van der Waals surface area contributed by atoms with Gasteiger partial charge < -0.3 is 20.7 Å². The Labute approximate surface area is 95.1 Å². The lowest BCUT2D eigenvalue weighted by atomic mass is 10.3. The normalized spacial score (nSPS) is 19.6. The molecule has 6 heteroatoms. The molecule has 6 nitrogen and oxygen atoms in total. The van der Waals surface area contributed by atoms with Crippen molar-refractivity contribution in [1.82, 2.24) is 16.0 Å². The molecule has 3 N–H and O–H groups in total. The Morgan fingerprint density at radius 2 is 2.19 bits per heavy atom. The third kappa shape index (κ3) is 4.97. The first-order chi connectivity index (χ1) is 7.58. The molecule has 0 aromatic rings. The van der Waals surface area contributed by atoms with Crippen LogP contribution in [0.5, 0.6) is 0 Å². The number of urea groups is 1. The monoisotopic (exact) mass is 229 g/mol. The fraction of sp³-hybridized carbons (Fsp3) is 0.800. The Morgan fingerprint density at radius 1 is 1.44 bits per heavy atom. The topological polar surface area (TPSA) is 79.5 Å². The first-order valence-electron chi connectivity index (χ1n) is 5.49. The van der Waals surface area contributed by atoms with E-state index in [0.717, 1.165) is 6.42 Å². The molecule has 1 rings (SSSR count). The molecule has 1 fully saturated rings. The highest BCUT2D eigenvalue weighted by atomic mass is 16.5. The maximum Gasteiger partial charge on any atom is 0.315 e. The maximum absolute atomic E-state index is 11.3. The van der Waals surface area contributed by atoms with Crippen LogP contribution in [0.2, 0.25) is 0 Å². The largest absolute Gasteiger partial charge is 0.379 e. The number of ether oxygens (including phenoxy) is 1. The Kier molecular flexibility index (Phi) is 5.04. The van der Waals surface area contributed by atoms with Crippen LogP contribution in [0, 0.1) is 0 Å². The summed E-state index contributed by atoms with van der Waals surface area (Å²) in [5.74, 6) is -0.187. The maximum atomic E-state index is 11.3. The van der Waals surface area contributed by atoms with Crippen molar-refractivity contribution >= 4 is 11.9 Å². The zero-order valence-electron chi connectivity index (χ0n) is 9.71. The molecule has 0 saturated carbocycles. The number of hydrogen-bond acceptors (Lipinski definition) is 3. The SMILES string of the molecule is CC(C)NC(=O)CNC(=O)NC1CCOC1. The fourth-order valence-corrected chi connectivity index (χ4v) is 1.42. The van der Waals surface area contributed by atoms with E-state index >= 15 is 0 Å². The van der Waals surface area contributed by atoms with E-state index in [1.807, 2.05) is 13.8 Å². The molecular formula is C10H19N3O3. The van der Waals surface area contributed by atoms with E-state index in [2.05, 4.69) is 16.0 Å². The van der Waals surface area contributed by atoms with Crippen LogP contribution in [-0.2, 0) is 9.53 Å². The molecule has 1 aliphatic heterocycles. The van der Waals surface area contributed by atoms with Crippen LogP contribution < -0.4 is 16.0 Å². The zero-order valence-corrected chi connectivity index (χ0v) is 9.71. The summed E-state index contributed by atoms with van der Waals surface area (Å²) < 4.78 is 5.11. The summed E-state index contributed by atoms with van der Waals surface area (Å²) in [4.78, 5) is 22.5. The van der Waals surface area contributed by atoms with Gasteiger partial charge in [0.1, 0.15) is 0 Å². The number of amides is 3. The Hall–Kier alpha value is -1.30. The van der Waals surface area contributed by atoms with Gasteiger partial charge in [0.25, 0.3) is 0 Å². The first-order valence-corrected chi connectivity index (χ1v) is 5.49. The molecule has 1 saturated heterocycles. The predicted molar refractivity (Wildman–Crippen MR) is 59.0 cm³/mol. The van der Waals surface area contributed by atoms with Crippen molar-refractivity contribution in [3.63, 3.8) is 0 Å². The van der Waals surface area contributed by atoms with Crippen molar-refractivity contribution < 1.29 is 14.3 Å². The van der Waals surface area contributed by atoms with Crippen LogP contribution in [-0.4, -0.2) is 43.8 Å².